The third-order valence-electron chi connectivity index (χ3n) is 11.0. The van der Waals surface area contributed by atoms with E-state index in [0.717, 1.165) is 49.6 Å². The maximum atomic E-state index is 7.69. The minimum atomic E-state index is 0.514. The molecule has 0 aliphatic rings. The fraction of sp³-hybridized carbons (Fsp3) is 0. The smallest absolute Gasteiger partial charge is 0.187 e. The molecule has 0 aliphatic heterocycles. The Hall–Kier alpha value is -7.94. The van der Waals surface area contributed by atoms with Gasteiger partial charge in [-0.1, -0.05) is 152 Å². The van der Waals surface area contributed by atoms with E-state index in [1.807, 2.05) is 48.5 Å². The Balaban J connectivity index is 1.28. The van der Waals surface area contributed by atoms with Gasteiger partial charge in [0.1, 0.15) is 0 Å². The molecule has 0 amide bonds. The summed E-state index contributed by atoms with van der Waals surface area (Å²) in [7, 11) is 0. The Labute approximate surface area is 328 Å². The molecule has 0 saturated heterocycles. The van der Waals surface area contributed by atoms with Gasteiger partial charge in [-0.15, -0.1) is 0 Å². The van der Waals surface area contributed by atoms with Crippen LogP contribution in [0.3, 0.4) is 0 Å². The molecule has 0 atom stereocenters. The quantitative estimate of drug-likeness (QED) is 0.131. The van der Waals surface area contributed by atoms with Gasteiger partial charge in [-0.2, -0.15) is 0 Å². The van der Waals surface area contributed by atoms with Gasteiger partial charge >= 0.3 is 0 Å². The van der Waals surface area contributed by atoms with Crippen LogP contribution in [0, 0.1) is 6.57 Å². The van der Waals surface area contributed by atoms with Gasteiger partial charge in [-0.3, -0.25) is 0 Å². The van der Waals surface area contributed by atoms with Crippen molar-refractivity contribution < 1.29 is 0 Å². The molecule has 264 valence electrons. The van der Waals surface area contributed by atoms with E-state index in [0.29, 0.717) is 23.2 Å². The number of para-hydroxylation sites is 1. The molecule has 0 radical (unpaired) electrons. The van der Waals surface area contributed by atoms with E-state index in [2.05, 4.69) is 143 Å². The summed E-state index contributed by atoms with van der Waals surface area (Å²) in [5.74, 6) is 1.64. The van der Waals surface area contributed by atoms with Crippen molar-refractivity contribution in [2.24, 2.45) is 0 Å². The van der Waals surface area contributed by atoms with Crippen LogP contribution in [0.1, 0.15) is 0 Å². The standard InChI is InChI=1S/C52H31N5/c1-53-38-20-14-19-36(29-38)51-54-50(34-17-6-3-7-18-34)55-52(56-51)37-31-45-41-23-9-8-21-39(41)40-22-10-11-25-43(40)49(45)48(32-37)57-46-26-13-12-24-42(46)44-30-35(27-28-47(44)57)33-15-4-2-5-16-33/h2-32H. The van der Waals surface area contributed by atoms with Crippen molar-refractivity contribution in [2.45, 2.75) is 0 Å². The average molecular weight is 726 g/mol. The second kappa shape index (κ2) is 13.1. The van der Waals surface area contributed by atoms with Crippen LogP contribution in [0.5, 0.6) is 0 Å². The number of fused-ring (bicyclic) bond motifs is 9. The monoisotopic (exact) mass is 725 g/mol. The third-order valence-corrected chi connectivity index (χ3v) is 11.0. The minimum Gasteiger partial charge on any atom is -0.309 e. The van der Waals surface area contributed by atoms with E-state index in [4.69, 9.17) is 21.5 Å². The Morgan fingerprint density at radius 2 is 0.877 bits per heavy atom. The molecular weight excluding hydrogens is 695 g/mol. The molecular formula is C52H31N5. The largest absolute Gasteiger partial charge is 0.309 e. The summed E-state index contributed by atoms with van der Waals surface area (Å²) >= 11 is 0. The number of aromatic nitrogens is 4. The maximum Gasteiger partial charge on any atom is 0.187 e. The van der Waals surface area contributed by atoms with Crippen molar-refractivity contribution in [3.8, 4) is 51.0 Å². The molecule has 57 heavy (non-hydrogen) atoms. The first-order chi connectivity index (χ1) is 28.2. The summed E-state index contributed by atoms with van der Waals surface area (Å²) in [6.45, 7) is 7.69. The lowest BCUT2D eigenvalue weighted by Gasteiger charge is -2.18. The fourth-order valence-corrected chi connectivity index (χ4v) is 8.42. The first-order valence-electron chi connectivity index (χ1n) is 19.0. The average Bonchev–Trinajstić information content (AvgIpc) is 3.62. The molecule has 11 rings (SSSR count). The summed E-state index contributed by atoms with van der Waals surface area (Å²) in [6.07, 6.45) is 0. The SMILES string of the molecule is [C-]#[N+]c1cccc(-c2nc(-c3ccccc3)nc(-c3cc(-n4c5ccccc5c5cc(-c6ccccc6)ccc54)c4c5ccccc5c5ccccc5c4c3)n2)c1. The molecule has 0 spiro atoms. The first-order valence-corrected chi connectivity index (χ1v) is 19.0. The normalized spacial score (nSPS) is 11.5. The summed E-state index contributed by atoms with van der Waals surface area (Å²) < 4.78 is 2.42. The second-order valence-corrected chi connectivity index (χ2v) is 14.3. The van der Waals surface area contributed by atoms with Crippen LogP contribution in [0.15, 0.2) is 188 Å². The van der Waals surface area contributed by atoms with Gasteiger partial charge in [0.15, 0.2) is 23.2 Å². The highest BCUT2D eigenvalue weighted by Gasteiger charge is 2.21. The zero-order valence-corrected chi connectivity index (χ0v) is 30.6. The predicted octanol–water partition coefficient (Wildman–Crippen LogP) is 13.6. The minimum absolute atomic E-state index is 0.514. The van der Waals surface area contributed by atoms with E-state index >= 15 is 0 Å². The molecule has 0 fully saturated rings. The van der Waals surface area contributed by atoms with Crippen LogP contribution >= 0.6 is 0 Å². The summed E-state index contributed by atoms with van der Waals surface area (Å²) in [5.41, 5.74) is 8.68. The van der Waals surface area contributed by atoms with E-state index < -0.39 is 0 Å². The molecule has 9 aromatic carbocycles. The van der Waals surface area contributed by atoms with E-state index in [1.54, 1.807) is 6.07 Å². The van der Waals surface area contributed by atoms with E-state index in [-0.39, 0.29) is 0 Å². The van der Waals surface area contributed by atoms with Gasteiger partial charge in [-0.25, -0.2) is 19.8 Å². The Kier molecular flexibility index (Phi) is 7.48. The molecule has 11 aromatic rings. The Bertz CT molecular complexity index is 3420. The summed E-state index contributed by atoms with van der Waals surface area (Å²) in [6, 6.07) is 65.5. The molecule has 0 bridgehead atoms. The van der Waals surface area contributed by atoms with Gasteiger partial charge in [0.25, 0.3) is 0 Å². The highest BCUT2D eigenvalue weighted by atomic mass is 15.0. The lowest BCUT2D eigenvalue weighted by molar-refractivity contribution is 1.07. The number of nitrogens with zero attached hydrogens (tertiary/aromatic N) is 5. The van der Waals surface area contributed by atoms with Crippen molar-refractivity contribution in [1.29, 1.82) is 0 Å². The first kappa shape index (κ1) is 32.5. The number of rotatable bonds is 5. The molecule has 2 aromatic heterocycles. The fourth-order valence-electron chi connectivity index (χ4n) is 8.42. The molecule has 0 aliphatic carbocycles. The van der Waals surface area contributed by atoms with Crippen LogP contribution in [-0.4, -0.2) is 19.5 Å². The van der Waals surface area contributed by atoms with Crippen LogP contribution in [0.2, 0.25) is 0 Å². The molecule has 2 heterocycles. The Morgan fingerprint density at radius 3 is 1.60 bits per heavy atom. The van der Waals surface area contributed by atoms with Crippen LogP contribution in [-0.2, 0) is 0 Å². The number of hydrogen-bond acceptors (Lipinski definition) is 3. The van der Waals surface area contributed by atoms with Gasteiger partial charge < -0.3 is 4.57 Å². The van der Waals surface area contributed by atoms with Gasteiger partial charge in [-0.05, 0) is 74.5 Å². The zero-order chi connectivity index (χ0) is 37.9. The third kappa shape index (κ3) is 5.35. The van der Waals surface area contributed by atoms with Crippen LogP contribution < -0.4 is 0 Å². The van der Waals surface area contributed by atoms with E-state index in [9.17, 15) is 0 Å². The van der Waals surface area contributed by atoms with Crippen molar-refractivity contribution in [2.75, 3.05) is 0 Å². The highest BCUT2D eigenvalue weighted by molar-refractivity contribution is 6.28. The molecule has 5 heteroatoms. The lowest BCUT2D eigenvalue weighted by atomic mass is 9.91. The zero-order valence-electron chi connectivity index (χ0n) is 30.6. The van der Waals surface area contributed by atoms with Crippen molar-refractivity contribution in [3.63, 3.8) is 0 Å². The lowest BCUT2D eigenvalue weighted by Crippen LogP contribution is -2.02. The molecule has 0 N–H and O–H groups in total. The van der Waals surface area contributed by atoms with Gasteiger partial charge in [0, 0.05) is 32.8 Å². The van der Waals surface area contributed by atoms with Gasteiger partial charge in [0.05, 0.1) is 23.3 Å². The topological polar surface area (TPSA) is 48.0 Å². The molecule has 5 nitrogen and oxygen atoms in total. The highest BCUT2D eigenvalue weighted by Crippen LogP contribution is 2.44. The second-order valence-electron chi connectivity index (χ2n) is 14.3. The Morgan fingerprint density at radius 1 is 0.351 bits per heavy atom. The predicted molar refractivity (Wildman–Crippen MR) is 235 cm³/mol. The van der Waals surface area contributed by atoms with Crippen LogP contribution in [0.4, 0.5) is 5.69 Å². The van der Waals surface area contributed by atoms with Crippen molar-refractivity contribution in [3.05, 3.63) is 199 Å². The van der Waals surface area contributed by atoms with E-state index in [1.165, 1.54) is 38.1 Å². The number of hydrogen-bond donors (Lipinski definition) is 0. The summed E-state index contributed by atoms with van der Waals surface area (Å²) in [5, 5.41) is 9.37. The molecule has 0 saturated carbocycles. The van der Waals surface area contributed by atoms with Gasteiger partial charge in [0.2, 0.25) is 0 Å². The van der Waals surface area contributed by atoms with Crippen molar-refractivity contribution in [1.82, 2.24) is 19.5 Å². The summed E-state index contributed by atoms with van der Waals surface area (Å²) in [4.78, 5) is 19.1. The van der Waals surface area contributed by atoms with Crippen molar-refractivity contribution >= 4 is 59.8 Å². The number of benzene rings is 9. The maximum absolute atomic E-state index is 7.69. The van der Waals surface area contributed by atoms with Crippen LogP contribution in [0.25, 0.3) is 110 Å². The molecule has 0 unspecified atom stereocenters.